The van der Waals surface area contributed by atoms with E-state index in [1.54, 1.807) is 55.4 Å². The summed E-state index contributed by atoms with van der Waals surface area (Å²) in [5, 5.41) is 25.5. The van der Waals surface area contributed by atoms with Crippen molar-refractivity contribution in [1.29, 1.82) is 0 Å². The van der Waals surface area contributed by atoms with Crippen molar-refractivity contribution in [2.45, 2.75) is 156 Å². The van der Waals surface area contributed by atoms with Gasteiger partial charge in [0.05, 0.1) is 23.4 Å². The number of carbonyl (C=O) groups is 4. The first kappa shape index (κ1) is 41.1. The molecule has 0 aliphatic carbocycles. The SMILES string of the molecule is C[C@H](OC(C)(C)C)[C@H](C(=O)NCCC=CCCNC(=O)[C@H]([C@@H](C)OC(C)(C)C)N(C(=O)O)C(C)(C)C)N(C(=O)O)C(C)(C)C. The second-order valence-electron chi connectivity index (χ2n) is 15.0. The van der Waals surface area contributed by atoms with Crippen LogP contribution in [0.3, 0.4) is 0 Å². The Hall–Kier alpha value is -2.86. The molecule has 256 valence electrons. The van der Waals surface area contributed by atoms with Gasteiger partial charge in [-0.25, -0.2) is 9.59 Å². The number of carbonyl (C=O) groups excluding carboxylic acids is 2. The van der Waals surface area contributed by atoms with Gasteiger partial charge in [-0.05, 0) is 110 Å². The predicted molar refractivity (Wildman–Crippen MR) is 172 cm³/mol. The maximum atomic E-state index is 13.2. The molecule has 0 rings (SSSR count). The molecule has 0 aromatic rings. The van der Waals surface area contributed by atoms with Crippen LogP contribution in [0.25, 0.3) is 0 Å². The molecule has 0 bridgehead atoms. The molecule has 0 fully saturated rings. The summed E-state index contributed by atoms with van der Waals surface area (Å²) >= 11 is 0. The van der Waals surface area contributed by atoms with E-state index in [1.807, 2.05) is 53.7 Å². The van der Waals surface area contributed by atoms with Gasteiger partial charge in [0.15, 0.2) is 0 Å². The second kappa shape index (κ2) is 16.5. The van der Waals surface area contributed by atoms with Gasteiger partial charge in [0.1, 0.15) is 12.1 Å². The molecule has 12 nitrogen and oxygen atoms in total. The Morgan fingerprint density at radius 1 is 0.614 bits per heavy atom. The fraction of sp³-hybridized carbons (Fsp3) is 0.812. The van der Waals surface area contributed by atoms with Crippen LogP contribution in [0.1, 0.15) is 110 Å². The highest BCUT2D eigenvalue weighted by atomic mass is 16.5. The molecule has 0 aliphatic heterocycles. The van der Waals surface area contributed by atoms with E-state index in [0.717, 1.165) is 9.80 Å². The standard InChI is InChI=1S/C32H60N4O8/c1-21(43-31(9,10)11)23(35(27(39)40)29(3,4)5)25(37)33-19-17-15-16-18-20-34-26(38)24(22(2)44-32(12,13)14)36(28(41)42)30(6,7)8/h15-16,21-24H,17-20H2,1-14H3,(H,33,37)(H,34,38)(H,39,40)(H,41,42)/t21-,22+,23+,24-. The molecule has 4 N–H and O–H groups in total. The smallest absolute Gasteiger partial charge is 0.408 e. The number of carboxylic acid groups (broad SMARTS) is 2. The Morgan fingerprint density at radius 3 is 1.09 bits per heavy atom. The Kier molecular flexibility index (Phi) is 15.4. The molecule has 0 saturated heterocycles. The second-order valence-corrected chi connectivity index (χ2v) is 15.0. The lowest BCUT2D eigenvalue weighted by molar-refractivity contribution is -0.142. The van der Waals surface area contributed by atoms with Crippen molar-refractivity contribution < 1.29 is 38.9 Å². The highest BCUT2D eigenvalue weighted by Gasteiger charge is 2.43. The van der Waals surface area contributed by atoms with Crippen molar-refractivity contribution in [1.82, 2.24) is 20.4 Å². The van der Waals surface area contributed by atoms with E-state index in [1.165, 1.54) is 0 Å². The van der Waals surface area contributed by atoms with Gasteiger partial charge in [0, 0.05) is 24.2 Å². The van der Waals surface area contributed by atoms with Crippen molar-refractivity contribution in [3.63, 3.8) is 0 Å². The zero-order chi connectivity index (χ0) is 34.8. The van der Waals surface area contributed by atoms with E-state index in [9.17, 15) is 29.4 Å². The number of nitrogens with zero attached hydrogens (tertiary/aromatic N) is 2. The fourth-order valence-corrected chi connectivity index (χ4v) is 4.97. The van der Waals surface area contributed by atoms with Crippen LogP contribution < -0.4 is 10.6 Å². The predicted octanol–water partition coefficient (Wildman–Crippen LogP) is 5.26. The van der Waals surface area contributed by atoms with E-state index in [-0.39, 0.29) is 13.1 Å². The molecule has 0 spiro atoms. The Morgan fingerprint density at radius 2 is 0.886 bits per heavy atom. The fourth-order valence-electron chi connectivity index (χ4n) is 4.97. The molecule has 12 heteroatoms. The summed E-state index contributed by atoms with van der Waals surface area (Å²) in [6.45, 7) is 25.4. The molecule has 4 amide bonds. The van der Waals surface area contributed by atoms with Gasteiger partial charge in [0.2, 0.25) is 11.8 Å². The van der Waals surface area contributed by atoms with E-state index < -0.39 is 70.6 Å². The monoisotopic (exact) mass is 628 g/mol. The first-order valence-electron chi connectivity index (χ1n) is 15.3. The highest BCUT2D eigenvalue weighted by Crippen LogP contribution is 2.25. The van der Waals surface area contributed by atoms with Crippen molar-refractivity contribution >= 4 is 24.0 Å². The molecular weight excluding hydrogens is 568 g/mol. The summed E-state index contributed by atoms with van der Waals surface area (Å²) in [4.78, 5) is 53.0. The van der Waals surface area contributed by atoms with Crippen LogP contribution in [0.2, 0.25) is 0 Å². The Labute approximate surface area is 264 Å². The zero-order valence-corrected chi connectivity index (χ0v) is 29.5. The molecule has 4 atom stereocenters. The summed E-state index contributed by atoms with van der Waals surface area (Å²) in [5.41, 5.74) is -2.82. The lowest BCUT2D eigenvalue weighted by Crippen LogP contribution is -2.61. The largest absolute Gasteiger partial charge is 0.465 e. The third kappa shape index (κ3) is 14.7. The van der Waals surface area contributed by atoms with Crippen LogP contribution in [0.4, 0.5) is 9.59 Å². The van der Waals surface area contributed by atoms with E-state index in [0.29, 0.717) is 12.8 Å². The van der Waals surface area contributed by atoms with Crippen molar-refractivity contribution in [2.24, 2.45) is 0 Å². The van der Waals surface area contributed by atoms with Crippen molar-refractivity contribution in [3.05, 3.63) is 12.2 Å². The molecule has 0 unspecified atom stereocenters. The quantitative estimate of drug-likeness (QED) is 0.150. The Bertz CT molecular complexity index is 908. The topological polar surface area (TPSA) is 158 Å². The summed E-state index contributed by atoms with van der Waals surface area (Å²) < 4.78 is 12.0. The van der Waals surface area contributed by atoms with Gasteiger partial charge in [-0.3, -0.25) is 19.4 Å². The third-order valence-electron chi connectivity index (χ3n) is 6.31. The number of ether oxygens (including phenoxy) is 2. The summed E-state index contributed by atoms with van der Waals surface area (Å²) in [7, 11) is 0. The van der Waals surface area contributed by atoms with Gasteiger partial charge >= 0.3 is 12.2 Å². The van der Waals surface area contributed by atoms with Gasteiger partial charge < -0.3 is 30.3 Å². The minimum Gasteiger partial charge on any atom is -0.465 e. The molecule has 44 heavy (non-hydrogen) atoms. The van der Waals surface area contributed by atoms with Crippen molar-refractivity contribution in [2.75, 3.05) is 13.1 Å². The molecule has 0 aliphatic rings. The summed E-state index contributed by atoms with van der Waals surface area (Å²) in [5.74, 6) is -0.890. The summed E-state index contributed by atoms with van der Waals surface area (Å²) in [6, 6.07) is -2.11. The van der Waals surface area contributed by atoms with E-state index in [2.05, 4.69) is 10.6 Å². The van der Waals surface area contributed by atoms with Gasteiger partial charge in [-0.2, -0.15) is 0 Å². The molecule has 0 heterocycles. The third-order valence-corrected chi connectivity index (χ3v) is 6.31. The van der Waals surface area contributed by atoms with E-state index in [4.69, 9.17) is 9.47 Å². The Balaban J connectivity index is 5.31. The zero-order valence-electron chi connectivity index (χ0n) is 29.5. The number of rotatable bonds is 14. The van der Waals surface area contributed by atoms with Crippen LogP contribution in [0.15, 0.2) is 12.2 Å². The number of nitrogens with one attached hydrogen (secondary N) is 2. The molecular formula is C32H60N4O8. The first-order chi connectivity index (χ1) is 19.7. The average Bonchev–Trinajstić information content (AvgIpc) is 2.77. The lowest BCUT2D eigenvalue weighted by Gasteiger charge is -2.42. The van der Waals surface area contributed by atoms with E-state index >= 15 is 0 Å². The molecule has 0 aromatic carbocycles. The molecule has 0 saturated carbocycles. The van der Waals surface area contributed by atoms with Crippen LogP contribution in [0, 0.1) is 0 Å². The maximum Gasteiger partial charge on any atom is 0.408 e. The first-order valence-corrected chi connectivity index (χ1v) is 15.3. The van der Waals surface area contributed by atoms with Crippen LogP contribution in [-0.2, 0) is 19.1 Å². The lowest BCUT2D eigenvalue weighted by atomic mass is 9.99. The number of amides is 4. The maximum absolute atomic E-state index is 13.2. The molecule has 0 radical (unpaired) electrons. The van der Waals surface area contributed by atoms with Crippen LogP contribution in [0.5, 0.6) is 0 Å². The minimum absolute atomic E-state index is 0.279. The van der Waals surface area contributed by atoms with Crippen molar-refractivity contribution in [3.8, 4) is 0 Å². The highest BCUT2D eigenvalue weighted by molar-refractivity contribution is 5.87. The van der Waals surface area contributed by atoms with Crippen LogP contribution >= 0.6 is 0 Å². The molecule has 0 aromatic heterocycles. The normalized spacial score (nSPS) is 15.7. The van der Waals surface area contributed by atoms with Gasteiger partial charge in [-0.15, -0.1) is 0 Å². The van der Waals surface area contributed by atoms with Crippen LogP contribution in [-0.4, -0.2) is 104 Å². The number of hydrogen-bond acceptors (Lipinski definition) is 6. The summed E-state index contributed by atoms with van der Waals surface area (Å²) in [6.07, 6.45) is 0.881. The average molecular weight is 629 g/mol. The van der Waals surface area contributed by atoms with Gasteiger partial charge in [-0.1, -0.05) is 12.2 Å². The van der Waals surface area contributed by atoms with Gasteiger partial charge in [0.25, 0.3) is 0 Å². The number of hydrogen-bond donors (Lipinski definition) is 4. The minimum atomic E-state index is -1.21.